The van der Waals surface area contributed by atoms with Gasteiger partial charge in [0.05, 0.1) is 24.1 Å². The van der Waals surface area contributed by atoms with Crippen LogP contribution in [0.15, 0.2) is 29.1 Å². The Balaban J connectivity index is 1.70. The molecular weight excluding hydrogens is 342 g/mol. The van der Waals surface area contributed by atoms with Crippen molar-refractivity contribution in [3.05, 3.63) is 40.3 Å². The Hall–Kier alpha value is -2.21. The van der Waals surface area contributed by atoms with Crippen molar-refractivity contribution in [1.29, 1.82) is 0 Å². The molecule has 2 aromatic rings. The van der Waals surface area contributed by atoms with Crippen molar-refractivity contribution in [3.63, 3.8) is 0 Å². The minimum absolute atomic E-state index is 0.121. The Morgan fingerprint density at radius 2 is 1.96 bits per heavy atom. The number of fused-ring (bicyclic) bond motifs is 1. The zero-order valence-corrected chi connectivity index (χ0v) is 16.4. The summed E-state index contributed by atoms with van der Waals surface area (Å²) in [5, 5.41) is 8.32. The van der Waals surface area contributed by atoms with Crippen LogP contribution in [0.1, 0.15) is 63.0 Å². The number of rotatable bonds is 6. The van der Waals surface area contributed by atoms with E-state index in [2.05, 4.69) is 17.3 Å². The quantitative estimate of drug-likeness (QED) is 0.791. The number of ether oxygens (including phenoxy) is 1. The number of hydrogen-bond acceptors (Lipinski definition) is 4. The lowest BCUT2D eigenvalue weighted by Gasteiger charge is -2.28. The van der Waals surface area contributed by atoms with E-state index >= 15 is 0 Å². The van der Waals surface area contributed by atoms with Crippen molar-refractivity contribution in [2.75, 3.05) is 13.2 Å². The molecule has 0 aliphatic heterocycles. The summed E-state index contributed by atoms with van der Waals surface area (Å²) in [6.45, 7) is 6.91. The van der Waals surface area contributed by atoms with E-state index in [1.807, 2.05) is 19.9 Å². The molecule has 27 heavy (non-hydrogen) atoms. The van der Waals surface area contributed by atoms with Gasteiger partial charge < -0.3 is 10.1 Å². The molecule has 0 bridgehead atoms. The number of hydrogen-bond donors (Lipinski definition) is 1. The lowest BCUT2D eigenvalue weighted by molar-refractivity contribution is -0.00295. The number of nitrogens with zero attached hydrogens (tertiary/aromatic N) is 2. The maximum atomic E-state index is 12.7. The van der Waals surface area contributed by atoms with E-state index < -0.39 is 0 Å². The summed E-state index contributed by atoms with van der Waals surface area (Å²) >= 11 is 0. The summed E-state index contributed by atoms with van der Waals surface area (Å²) in [4.78, 5) is 25.3. The summed E-state index contributed by atoms with van der Waals surface area (Å²) in [5.74, 6) is 0.301. The molecule has 6 nitrogen and oxygen atoms in total. The molecule has 0 unspecified atom stereocenters. The Morgan fingerprint density at radius 1 is 1.26 bits per heavy atom. The maximum Gasteiger partial charge on any atom is 0.274 e. The van der Waals surface area contributed by atoms with E-state index in [1.165, 1.54) is 23.9 Å². The van der Waals surface area contributed by atoms with Crippen LogP contribution in [-0.2, 0) is 4.74 Å². The van der Waals surface area contributed by atoms with Crippen molar-refractivity contribution in [2.45, 2.75) is 58.6 Å². The first-order valence-corrected chi connectivity index (χ1v) is 9.90. The number of aromatic nitrogens is 2. The van der Waals surface area contributed by atoms with Gasteiger partial charge in [0.1, 0.15) is 0 Å². The van der Waals surface area contributed by atoms with Crippen molar-refractivity contribution in [2.24, 2.45) is 5.92 Å². The van der Waals surface area contributed by atoms with Gasteiger partial charge in [-0.05, 0) is 38.7 Å². The van der Waals surface area contributed by atoms with Gasteiger partial charge in [0.15, 0.2) is 5.69 Å². The Kier molecular flexibility index (Phi) is 6.26. The van der Waals surface area contributed by atoms with Crippen LogP contribution in [0.5, 0.6) is 0 Å². The van der Waals surface area contributed by atoms with Crippen LogP contribution in [0.25, 0.3) is 10.8 Å². The van der Waals surface area contributed by atoms with Crippen LogP contribution in [-0.4, -0.2) is 34.9 Å². The highest BCUT2D eigenvalue weighted by Crippen LogP contribution is 2.26. The van der Waals surface area contributed by atoms with E-state index in [0.29, 0.717) is 29.8 Å². The second kappa shape index (κ2) is 8.65. The molecule has 3 rings (SSSR count). The van der Waals surface area contributed by atoms with Gasteiger partial charge >= 0.3 is 0 Å². The molecule has 1 aromatic carbocycles. The molecule has 146 valence electrons. The van der Waals surface area contributed by atoms with Gasteiger partial charge in [0.2, 0.25) is 0 Å². The van der Waals surface area contributed by atoms with Gasteiger partial charge in [-0.2, -0.15) is 5.10 Å². The van der Waals surface area contributed by atoms with Crippen LogP contribution < -0.4 is 10.9 Å². The molecule has 1 N–H and O–H groups in total. The largest absolute Gasteiger partial charge is 0.376 e. The fourth-order valence-corrected chi connectivity index (χ4v) is 3.71. The summed E-state index contributed by atoms with van der Waals surface area (Å²) in [6.07, 6.45) is 5.10. The summed E-state index contributed by atoms with van der Waals surface area (Å²) in [6, 6.07) is 7.00. The topological polar surface area (TPSA) is 73.2 Å². The highest BCUT2D eigenvalue weighted by atomic mass is 16.5. The van der Waals surface area contributed by atoms with Gasteiger partial charge in [-0.3, -0.25) is 9.59 Å². The molecule has 0 saturated heterocycles. The second-order valence-electron chi connectivity index (χ2n) is 7.66. The predicted octanol–water partition coefficient (Wildman–Crippen LogP) is 3.30. The average Bonchev–Trinajstić information content (AvgIpc) is 2.66. The van der Waals surface area contributed by atoms with Crippen molar-refractivity contribution in [3.8, 4) is 0 Å². The van der Waals surface area contributed by atoms with E-state index in [4.69, 9.17) is 4.74 Å². The van der Waals surface area contributed by atoms with E-state index in [0.717, 1.165) is 6.42 Å². The van der Waals surface area contributed by atoms with Gasteiger partial charge in [-0.25, -0.2) is 4.68 Å². The molecule has 1 aliphatic rings. The zero-order chi connectivity index (χ0) is 19.4. The fraction of sp³-hybridized carbons (Fsp3) is 0.571. The number of nitrogens with one attached hydrogen (secondary N) is 1. The predicted molar refractivity (Wildman–Crippen MR) is 106 cm³/mol. The minimum Gasteiger partial charge on any atom is -0.376 e. The molecule has 6 heteroatoms. The molecular formula is C21H29N3O3. The molecule has 1 heterocycles. The van der Waals surface area contributed by atoms with Gasteiger partial charge in [0, 0.05) is 11.9 Å². The summed E-state index contributed by atoms with van der Waals surface area (Å²) < 4.78 is 7.33. The van der Waals surface area contributed by atoms with Crippen LogP contribution >= 0.6 is 0 Å². The monoisotopic (exact) mass is 371 g/mol. The number of carbonyl (C=O) groups excluding carboxylic acids is 1. The lowest BCUT2D eigenvalue weighted by Crippen LogP contribution is -2.34. The fourth-order valence-electron chi connectivity index (χ4n) is 3.71. The molecule has 0 spiro atoms. The smallest absolute Gasteiger partial charge is 0.274 e. The molecule has 1 saturated carbocycles. The number of benzene rings is 1. The van der Waals surface area contributed by atoms with E-state index in [1.54, 1.807) is 18.2 Å². The third-order valence-corrected chi connectivity index (χ3v) is 5.28. The third kappa shape index (κ3) is 4.38. The lowest BCUT2D eigenvalue weighted by atomic mass is 9.88. The standard InChI is InChI=1S/C21H29N3O3/c1-14(2)24-21(26)17-10-6-5-9-16(17)19(23-24)20(25)22-12-13-27-18-11-7-4-8-15(18)3/h5-6,9-10,14-15,18H,4,7-8,11-13H2,1-3H3,(H,22,25)/t15-,18-/m0/s1. The molecule has 1 amide bonds. The first-order chi connectivity index (χ1) is 13.0. The van der Waals surface area contributed by atoms with E-state index in [9.17, 15) is 9.59 Å². The second-order valence-corrected chi connectivity index (χ2v) is 7.66. The van der Waals surface area contributed by atoms with Crippen LogP contribution in [0.4, 0.5) is 0 Å². The van der Waals surface area contributed by atoms with E-state index in [-0.39, 0.29) is 29.3 Å². The number of carbonyl (C=O) groups is 1. The number of amides is 1. The molecule has 1 aliphatic carbocycles. The highest BCUT2D eigenvalue weighted by molar-refractivity contribution is 6.04. The van der Waals surface area contributed by atoms with Crippen molar-refractivity contribution in [1.82, 2.24) is 15.1 Å². The highest BCUT2D eigenvalue weighted by Gasteiger charge is 2.22. The molecule has 2 atom stereocenters. The minimum atomic E-state index is -0.277. The van der Waals surface area contributed by atoms with Crippen LogP contribution in [0, 0.1) is 5.92 Å². The van der Waals surface area contributed by atoms with Crippen molar-refractivity contribution < 1.29 is 9.53 Å². The first-order valence-electron chi connectivity index (χ1n) is 9.90. The first kappa shape index (κ1) is 19.5. The van der Waals surface area contributed by atoms with Crippen LogP contribution in [0.2, 0.25) is 0 Å². The van der Waals surface area contributed by atoms with Gasteiger partial charge in [-0.15, -0.1) is 0 Å². The van der Waals surface area contributed by atoms with Crippen molar-refractivity contribution >= 4 is 16.7 Å². The SMILES string of the molecule is CC(C)n1nc(C(=O)NCCO[C@H]2CCCC[C@@H]2C)c2ccccc2c1=O. The Morgan fingerprint density at radius 3 is 2.67 bits per heavy atom. The van der Waals surface area contributed by atoms with Gasteiger partial charge in [0.25, 0.3) is 11.5 Å². The average molecular weight is 371 g/mol. The van der Waals surface area contributed by atoms with Crippen LogP contribution in [0.3, 0.4) is 0 Å². The van der Waals surface area contributed by atoms with Gasteiger partial charge in [-0.1, -0.05) is 38.0 Å². The third-order valence-electron chi connectivity index (χ3n) is 5.28. The normalized spacial score (nSPS) is 20.1. The molecule has 1 fully saturated rings. The molecule has 1 aromatic heterocycles. The summed E-state index contributed by atoms with van der Waals surface area (Å²) in [7, 11) is 0. The zero-order valence-electron chi connectivity index (χ0n) is 16.4. The maximum absolute atomic E-state index is 12.7. The summed E-state index contributed by atoms with van der Waals surface area (Å²) in [5.41, 5.74) is 0.108. The Labute approximate surface area is 159 Å². The molecule has 0 radical (unpaired) electrons. The Bertz CT molecular complexity index is 859.